The van der Waals surface area contributed by atoms with Crippen molar-refractivity contribution in [3.8, 4) is 0 Å². The smallest absolute Gasteiger partial charge is 0.134 e. The fourth-order valence-electron chi connectivity index (χ4n) is 3.29. The number of anilines is 1. The summed E-state index contributed by atoms with van der Waals surface area (Å²) >= 11 is 3.52. The maximum absolute atomic E-state index is 12.1. The maximum Gasteiger partial charge on any atom is 0.134 e. The summed E-state index contributed by atoms with van der Waals surface area (Å²) in [5, 5.41) is 3.63. The average molecular weight is 352 g/mol. The van der Waals surface area contributed by atoms with Crippen LogP contribution in [0.4, 0.5) is 5.69 Å². The second kappa shape index (κ2) is 8.57. The molecule has 0 aliphatic heterocycles. The lowest BCUT2D eigenvalue weighted by Crippen LogP contribution is -2.33. The lowest BCUT2D eigenvalue weighted by Gasteiger charge is -2.31. The Balaban J connectivity index is 2.04. The highest BCUT2D eigenvalue weighted by molar-refractivity contribution is 9.10. The first-order valence-corrected chi connectivity index (χ1v) is 9.02. The van der Waals surface area contributed by atoms with E-state index in [-0.39, 0.29) is 0 Å². The summed E-state index contributed by atoms with van der Waals surface area (Å²) in [4.78, 5) is 12.1. The molecule has 1 N–H and O–H groups in total. The molecule has 2 nitrogen and oxygen atoms in total. The van der Waals surface area contributed by atoms with Gasteiger partial charge in [-0.3, -0.25) is 4.79 Å². The van der Waals surface area contributed by atoms with Crippen molar-refractivity contribution in [3.05, 3.63) is 28.7 Å². The van der Waals surface area contributed by atoms with Crippen molar-refractivity contribution >= 4 is 27.4 Å². The van der Waals surface area contributed by atoms with E-state index in [1.165, 1.54) is 32.1 Å². The maximum atomic E-state index is 12.1. The van der Waals surface area contributed by atoms with E-state index in [0.29, 0.717) is 30.6 Å². The summed E-state index contributed by atoms with van der Waals surface area (Å²) in [6.45, 7) is 2.08. The van der Waals surface area contributed by atoms with E-state index in [9.17, 15) is 4.79 Å². The van der Waals surface area contributed by atoms with E-state index in [2.05, 4.69) is 40.3 Å². The molecule has 1 aromatic carbocycles. The van der Waals surface area contributed by atoms with Gasteiger partial charge in [-0.25, -0.2) is 0 Å². The van der Waals surface area contributed by atoms with Crippen LogP contribution < -0.4 is 5.32 Å². The van der Waals surface area contributed by atoms with E-state index < -0.39 is 0 Å². The lowest BCUT2D eigenvalue weighted by molar-refractivity contribution is -0.119. The van der Waals surface area contributed by atoms with Gasteiger partial charge in [0.2, 0.25) is 0 Å². The molecule has 3 heteroatoms. The zero-order valence-electron chi connectivity index (χ0n) is 12.9. The molecule has 1 saturated carbocycles. The third kappa shape index (κ3) is 5.46. The van der Waals surface area contributed by atoms with Gasteiger partial charge in [-0.1, -0.05) is 48.2 Å². The van der Waals surface area contributed by atoms with Crippen molar-refractivity contribution in [2.24, 2.45) is 5.92 Å². The standard InChI is InChI=1S/C18H26BrNO/c1-2-7-17(21)13-18(14-8-4-3-5-9-14)20-16-11-6-10-15(19)12-16/h6,10-12,14,18,20H,2-5,7-9,13H2,1H3/t18-/m0/s1. The third-order valence-corrected chi connectivity index (χ3v) is 4.87. The molecule has 116 valence electrons. The SMILES string of the molecule is CCCC(=O)C[C@H](Nc1cccc(Br)c1)C1CCCCC1. The van der Waals surface area contributed by atoms with Gasteiger partial charge in [-0.15, -0.1) is 0 Å². The second-order valence-corrected chi connectivity index (χ2v) is 7.07. The van der Waals surface area contributed by atoms with E-state index in [1.807, 2.05) is 12.1 Å². The van der Waals surface area contributed by atoms with Crippen LogP contribution in [0.25, 0.3) is 0 Å². The number of halogens is 1. The fraction of sp³-hybridized carbons (Fsp3) is 0.611. The van der Waals surface area contributed by atoms with Crippen LogP contribution in [0.3, 0.4) is 0 Å². The van der Waals surface area contributed by atoms with Crippen LogP contribution in [-0.4, -0.2) is 11.8 Å². The van der Waals surface area contributed by atoms with Crippen molar-refractivity contribution in [1.29, 1.82) is 0 Å². The molecule has 0 unspecified atom stereocenters. The molecule has 0 saturated heterocycles. The summed E-state index contributed by atoms with van der Waals surface area (Å²) in [6, 6.07) is 8.55. The highest BCUT2D eigenvalue weighted by atomic mass is 79.9. The number of carbonyl (C=O) groups excluding carboxylic acids is 1. The first kappa shape index (κ1) is 16.5. The normalized spacial score (nSPS) is 17.4. The number of carbonyl (C=O) groups is 1. The molecule has 0 heterocycles. The quantitative estimate of drug-likeness (QED) is 0.695. The molecule has 0 amide bonds. The molecular formula is C18H26BrNO. The average Bonchev–Trinajstić information content (AvgIpc) is 2.48. The van der Waals surface area contributed by atoms with Gasteiger partial charge in [-0.05, 0) is 43.4 Å². The van der Waals surface area contributed by atoms with Gasteiger partial charge in [0.05, 0.1) is 0 Å². The van der Waals surface area contributed by atoms with Crippen LogP contribution in [0.1, 0.15) is 58.3 Å². The zero-order chi connectivity index (χ0) is 15.1. The Morgan fingerprint density at radius 2 is 2.10 bits per heavy atom. The van der Waals surface area contributed by atoms with Gasteiger partial charge in [0.25, 0.3) is 0 Å². The zero-order valence-corrected chi connectivity index (χ0v) is 14.5. The molecule has 1 fully saturated rings. The molecule has 2 rings (SSSR count). The Bertz CT molecular complexity index is 454. The predicted octanol–water partition coefficient (Wildman–Crippen LogP) is 5.57. The van der Waals surface area contributed by atoms with Gasteiger partial charge in [0.1, 0.15) is 5.78 Å². The number of hydrogen-bond donors (Lipinski definition) is 1. The summed E-state index contributed by atoms with van der Waals surface area (Å²) in [5.74, 6) is 1.04. The van der Waals surface area contributed by atoms with Gasteiger partial charge in [0, 0.05) is 29.0 Å². The second-order valence-electron chi connectivity index (χ2n) is 6.15. The van der Waals surface area contributed by atoms with Gasteiger partial charge >= 0.3 is 0 Å². The largest absolute Gasteiger partial charge is 0.382 e. The van der Waals surface area contributed by atoms with Crippen LogP contribution in [-0.2, 0) is 4.79 Å². The van der Waals surface area contributed by atoms with E-state index in [4.69, 9.17) is 0 Å². The fourth-order valence-corrected chi connectivity index (χ4v) is 3.69. The minimum atomic E-state index is 0.290. The first-order valence-electron chi connectivity index (χ1n) is 8.23. The topological polar surface area (TPSA) is 29.1 Å². The van der Waals surface area contributed by atoms with E-state index in [0.717, 1.165) is 16.6 Å². The molecule has 1 aliphatic rings. The number of benzene rings is 1. The Morgan fingerprint density at radius 1 is 1.33 bits per heavy atom. The third-order valence-electron chi connectivity index (χ3n) is 4.37. The molecule has 0 spiro atoms. The van der Waals surface area contributed by atoms with Crippen molar-refractivity contribution in [2.75, 3.05) is 5.32 Å². The summed E-state index contributed by atoms with van der Waals surface area (Å²) in [6.07, 6.45) is 8.81. The Kier molecular flexibility index (Phi) is 6.75. The van der Waals surface area contributed by atoms with Crippen molar-refractivity contribution in [2.45, 2.75) is 64.3 Å². The Morgan fingerprint density at radius 3 is 2.76 bits per heavy atom. The van der Waals surface area contributed by atoms with Gasteiger partial charge in [-0.2, -0.15) is 0 Å². The molecule has 1 atom stereocenters. The highest BCUT2D eigenvalue weighted by Gasteiger charge is 2.25. The lowest BCUT2D eigenvalue weighted by atomic mass is 9.81. The molecule has 1 aromatic rings. The molecule has 0 bridgehead atoms. The van der Waals surface area contributed by atoms with Crippen LogP contribution in [0.15, 0.2) is 28.7 Å². The number of nitrogens with one attached hydrogen (secondary N) is 1. The van der Waals surface area contributed by atoms with E-state index in [1.54, 1.807) is 0 Å². The minimum absolute atomic E-state index is 0.290. The molecule has 21 heavy (non-hydrogen) atoms. The molecular weight excluding hydrogens is 326 g/mol. The minimum Gasteiger partial charge on any atom is -0.382 e. The monoisotopic (exact) mass is 351 g/mol. The highest BCUT2D eigenvalue weighted by Crippen LogP contribution is 2.30. The van der Waals surface area contributed by atoms with Crippen LogP contribution in [0.5, 0.6) is 0 Å². The molecule has 0 aromatic heterocycles. The van der Waals surface area contributed by atoms with Crippen molar-refractivity contribution in [3.63, 3.8) is 0 Å². The number of Topliss-reactive ketones (excluding diaryl/α,β-unsaturated/α-hetero) is 1. The Hall–Kier alpha value is -0.830. The van der Waals surface area contributed by atoms with E-state index >= 15 is 0 Å². The first-order chi connectivity index (χ1) is 10.2. The van der Waals surface area contributed by atoms with Crippen LogP contribution >= 0.6 is 15.9 Å². The molecule has 0 radical (unpaired) electrons. The van der Waals surface area contributed by atoms with Crippen molar-refractivity contribution < 1.29 is 4.79 Å². The number of rotatable bonds is 7. The number of ketones is 1. The van der Waals surface area contributed by atoms with Gasteiger partial charge in [0.15, 0.2) is 0 Å². The number of hydrogen-bond acceptors (Lipinski definition) is 2. The van der Waals surface area contributed by atoms with Crippen molar-refractivity contribution in [1.82, 2.24) is 0 Å². The van der Waals surface area contributed by atoms with Crippen LogP contribution in [0.2, 0.25) is 0 Å². The van der Waals surface area contributed by atoms with Crippen LogP contribution in [0, 0.1) is 5.92 Å². The Labute approximate surface area is 136 Å². The summed E-state index contributed by atoms with van der Waals surface area (Å²) < 4.78 is 1.08. The molecule has 1 aliphatic carbocycles. The summed E-state index contributed by atoms with van der Waals surface area (Å²) in [7, 11) is 0. The summed E-state index contributed by atoms with van der Waals surface area (Å²) in [5.41, 5.74) is 1.12. The van der Waals surface area contributed by atoms with Gasteiger partial charge < -0.3 is 5.32 Å². The predicted molar refractivity (Wildman–Crippen MR) is 92.7 cm³/mol.